The molecule has 1 aliphatic heterocycles. The van der Waals surface area contributed by atoms with E-state index in [4.69, 9.17) is 10.5 Å². The first-order valence-corrected chi connectivity index (χ1v) is 4.32. The van der Waals surface area contributed by atoms with E-state index in [2.05, 4.69) is 11.9 Å². The first-order valence-electron chi connectivity index (χ1n) is 4.32. The van der Waals surface area contributed by atoms with Crippen molar-refractivity contribution in [2.24, 2.45) is 5.73 Å². The highest BCUT2D eigenvalue weighted by Crippen LogP contribution is 2.14. The zero-order valence-electron chi connectivity index (χ0n) is 7.25. The average molecular weight is 158 g/mol. The van der Waals surface area contributed by atoms with E-state index in [9.17, 15) is 0 Å². The van der Waals surface area contributed by atoms with Gasteiger partial charge in [-0.05, 0) is 26.4 Å². The van der Waals surface area contributed by atoms with Gasteiger partial charge in [0.1, 0.15) is 0 Å². The molecule has 0 saturated carbocycles. The molecule has 0 aliphatic carbocycles. The van der Waals surface area contributed by atoms with E-state index < -0.39 is 0 Å². The summed E-state index contributed by atoms with van der Waals surface area (Å²) in [6.45, 7) is 3.41. The van der Waals surface area contributed by atoms with Gasteiger partial charge in [0.15, 0.2) is 0 Å². The minimum atomic E-state index is 0.635. The molecule has 1 saturated heterocycles. The molecular weight excluding hydrogens is 140 g/mol. The van der Waals surface area contributed by atoms with Crippen LogP contribution in [0.5, 0.6) is 0 Å². The van der Waals surface area contributed by atoms with E-state index in [1.807, 2.05) is 0 Å². The molecular formula is C8H18N2O. The van der Waals surface area contributed by atoms with Crippen molar-refractivity contribution in [2.75, 3.05) is 33.4 Å². The third-order valence-electron chi connectivity index (χ3n) is 2.24. The maximum Gasteiger partial charge on any atom is 0.0622 e. The third-order valence-corrected chi connectivity index (χ3v) is 2.24. The molecule has 66 valence electrons. The summed E-state index contributed by atoms with van der Waals surface area (Å²) < 4.78 is 5.37. The van der Waals surface area contributed by atoms with E-state index in [1.54, 1.807) is 0 Å². The Morgan fingerprint density at radius 1 is 1.64 bits per heavy atom. The van der Waals surface area contributed by atoms with Crippen LogP contribution in [0.4, 0.5) is 0 Å². The SMILES string of the molecule is CN1CCC[C@@H]1COCCN. The molecule has 1 atom stereocenters. The summed E-state index contributed by atoms with van der Waals surface area (Å²) in [7, 11) is 2.16. The molecule has 11 heavy (non-hydrogen) atoms. The van der Waals surface area contributed by atoms with Crippen molar-refractivity contribution in [1.82, 2.24) is 4.90 Å². The maximum absolute atomic E-state index is 5.37. The summed E-state index contributed by atoms with van der Waals surface area (Å²) in [5.74, 6) is 0. The highest BCUT2D eigenvalue weighted by atomic mass is 16.5. The predicted molar refractivity (Wildman–Crippen MR) is 45.5 cm³/mol. The van der Waals surface area contributed by atoms with E-state index in [1.165, 1.54) is 19.4 Å². The minimum Gasteiger partial charge on any atom is -0.379 e. The minimum absolute atomic E-state index is 0.635. The third kappa shape index (κ3) is 2.77. The van der Waals surface area contributed by atoms with Gasteiger partial charge in [-0.3, -0.25) is 0 Å². The van der Waals surface area contributed by atoms with Crippen molar-refractivity contribution in [3.05, 3.63) is 0 Å². The number of ether oxygens (including phenoxy) is 1. The largest absolute Gasteiger partial charge is 0.379 e. The second-order valence-corrected chi connectivity index (χ2v) is 3.14. The number of rotatable bonds is 4. The van der Waals surface area contributed by atoms with E-state index >= 15 is 0 Å². The van der Waals surface area contributed by atoms with E-state index in [0.29, 0.717) is 19.2 Å². The zero-order chi connectivity index (χ0) is 8.10. The lowest BCUT2D eigenvalue weighted by molar-refractivity contribution is 0.0910. The molecule has 3 heteroatoms. The summed E-state index contributed by atoms with van der Waals surface area (Å²) >= 11 is 0. The topological polar surface area (TPSA) is 38.5 Å². The number of hydrogen-bond donors (Lipinski definition) is 1. The van der Waals surface area contributed by atoms with Gasteiger partial charge < -0.3 is 15.4 Å². The molecule has 1 heterocycles. The first-order chi connectivity index (χ1) is 5.34. The van der Waals surface area contributed by atoms with Crippen LogP contribution in [0.1, 0.15) is 12.8 Å². The fourth-order valence-corrected chi connectivity index (χ4v) is 1.49. The Bertz CT molecular complexity index is 108. The zero-order valence-corrected chi connectivity index (χ0v) is 7.25. The van der Waals surface area contributed by atoms with Gasteiger partial charge in [-0.25, -0.2) is 0 Å². The number of likely N-dealkylation sites (tertiary alicyclic amines) is 1. The van der Waals surface area contributed by atoms with Crippen LogP contribution in [-0.4, -0.2) is 44.3 Å². The molecule has 2 N–H and O–H groups in total. The van der Waals surface area contributed by atoms with Gasteiger partial charge in [-0.2, -0.15) is 0 Å². The molecule has 1 rings (SSSR count). The lowest BCUT2D eigenvalue weighted by atomic mass is 10.2. The molecule has 1 aliphatic rings. The van der Waals surface area contributed by atoms with Crippen LogP contribution in [-0.2, 0) is 4.74 Å². The fraction of sp³-hybridized carbons (Fsp3) is 1.00. The van der Waals surface area contributed by atoms with Crippen molar-refractivity contribution in [3.63, 3.8) is 0 Å². The molecule has 3 nitrogen and oxygen atoms in total. The molecule has 0 radical (unpaired) electrons. The molecule has 0 aromatic rings. The second kappa shape index (κ2) is 4.70. The van der Waals surface area contributed by atoms with Crippen molar-refractivity contribution in [1.29, 1.82) is 0 Å². The van der Waals surface area contributed by atoms with Gasteiger partial charge in [0.05, 0.1) is 13.2 Å². The second-order valence-electron chi connectivity index (χ2n) is 3.14. The molecule has 0 aromatic heterocycles. The van der Waals surface area contributed by atoms with Gasteiger partial charge in [0, 0.05) is 12.6 Å². The Kier molecular flexibility index (Phi) is 3.83. The Morgan fingerprint density at radius 3 is 3.00 bits per heavy atom. The summed E-state index contributed by atoms with van der Waals surface area (Å²) in [5, 5.41) is 0. The van der Waals surface area contributed by atoms with Crippen molar-refractivity contribution < 1.29 is 4.74 Å². The van der Waals surface area contributed by atoms with Crippen LogP contribution in [0.25, 0.3) is 0 Å². The summed E-state index contributed by atoms with van der Waals surface area (Å²) in [6, 6.07) is 0.640. The van der Waals surface area contributed by atoms with Gasteiger partial charge in [0.2, 0.25) is 0 Å². The summed E-state index contributed by atoms with van der Waals surface area (Å²) in [6.07, 6.45) is 2.59. The molecule has 0 bridgehead atoms. The van der Waals surface area contributed by atoms with Gasteiger partial charge in [-0.1, -0.05) is 0 Å². The van der Waals surface area contributed by atoms with E-state index in [0.717, 1.165) is 6.61 Å². The lowest BCUT2D eigenvalue weighted by Gasteiger charge is -2.18. The normalized spacial score (nSPS) is 26.2. The van der Waals surface area contributed by atoms with Crippen molar-refractivity contribution in [2.45, 2.75) is 18.9 Å². The predicted octanol–water partition coefficient (Wildman–Crippen LogP) is 0.0559. The number of hydrogen-bond acceptors (Lipinski definition) is 3. The molecule has 1 fully saturated rings. The van der Waals surface area contributed by atoms with Crippen LogP contribution in [0.3, 0.4) is 0 Å². The maximum atomic E-state index is 5.37. The molecule has 0 aromatic carbocycles. The number of nitrogens with zero attached hydrogens (tertiary/aromatic N) is 1. The van der Waals surface area contributed by atoms with Gasteiger partial charge in [-0.15, -0.1) is 0 Å². The highest BCUT2D eigenvalue weighted by molar-refractivity contribution is 4.75. The molecule has 0 spiro atoms. The van der Waals surface area contributed by atoms with Crippen LogP contribution < -0.4 is 5.73 Å². The van der Waals surface area contributed by atoms with Crippen LogP contribution in [0.2, 0.25) is 0 Å². The lowest BCUT2D eigenvalue weighted by Crippen LogP contribution is -2.30. The van der Waals surface area contributed by atoms with E-state index in [-0.39, 0.29) is 0 Å². The average Bonchev–Trinajstić information content (AvgIpc) is 2.37. The molecule has 0 amide bonds. The summed E-state index contributed by atoms with van der Waals surface area (Å²) in [5.41, 5.74) is 5.31. The van der Waals surface area contributed by atoms with Gasteiger partial charge >= 0.3 is 0 Å². The Morgan fingerprint density at radius 2 is 2.45 bits per heavy atom. The standard InChI is InChI=1S/C8H18N2O/c1-10-5-2-3-8(10)7-11-6-4-9/h8H,2-7,9H2,1H3/t8-/m1/s1. The Hall–Kier alpha value is -0.120. The van der Waals surface area contributed by atoms with Crippen LogP contribution in [0, 0.1) is 0 Å². The monoisotopic (exact) mass is 158 g/mol. The first kappa shape index (κ1) is 8.97. The molecule has 0 unspecified atom stereocenters. The van der Waals surface area contributed by atoms with Crippen LogP contribution in [0.15, 0.2) is 0 Å². The Labute approximate surface area is 68.5 Å². The van der Waals surface area contributed by atoms with Crippen molar-refractivity contribution >= 4 is 0 Å². The van der Waals surface area contributed by atoms with Crippen molar-refractivity contribution in [3.8, 4) is 0 Å². The smallest absolute Gasteiger partial charge is 0.0622 e. The van der Waals surface area contributed by atoms with Crippen LogP contribution >= 0.6 is 0 Å². The number of likely N-dealkylation sites (N-methyl/N-ethyl adjacent to an activating group) is 1. The fourth-order valence-electron chi connectivity index (χ4n) is 1.49. The number of nitrogens with two attached hydrogens (primary N) is 1. The highest BCUT2D eigenvalue weighted by Gasteiger charge is 2.20. The van der Waals surface area contributed by atoms with Gasteiger partial charge in [0.25, 0.3) is 0 Å². The Balaban J connectivity index is 2.05. The quantitative estimate of drug-likeness (QED) is 0.588. The summed E-state index contributed by atoms with van der Waals surface area (Å²) in [4.78, 5) is 2.36.